The molecule has 1 aromatic rings. The van der Waals surface area contributed by atoms with Crippen LogP contribution >= 0.6 is 11.3 Å². The average Bonchev–Trinajstić information content (AvgIpc) is 2.71. The Balaban J connectivity index is 1.98. The minimum atomic E-state index is -0.487. The molecule has 1 fully saturated rings. The van der Waals surface area contributed by atoms with Crippen molar-refractivity contribution in [2.24, 2.45) is 0 Å². The summed E-state index contributed by atoms with van der Waals surface area (Å²) < 4.78 is 0. The fourth-order valence-corrected chi connectivity index (χ4v) is 4.02. The van der Waals surface area contributed by atoms with Gasteiger partial charge in [0.05, 0.1) is 5.60 Å². The lowest BCUT2D eigenvalue weighted by Gasteiger charge is -2.27. The monoisotopic (exact) mass is 281 g/mol. The van der Waals surface area contributed by atoms with Crippen molar-refractivity contribution >= 4 is 11.3 Å². The third kappa shape index (κ3) is 4.04. The zero-order chi connectivity index (χ0) is 13.9. The van der Waals surface area contributed by atoms with Gasteiger partial charge in [0.15, 0.2) is 0 Å². The van der Waals surface area contributed by atoms with Crippen LogP contribution in [0.25, 0.3) is 0 Å². The van der Waals surface area contributed by atoms with Gasteiger partial charge in [-0.3, -0.25) is 0 Å². The Bertz CT molecular complexity index is 401. The number of hydrogen-bond donors (Lipinski definition) is 1. The average molecular weight is 281 g/mol. The molecule has 0 amide bonds. The molecule has 2 rings (SSSR count). The molecule has 1 aliphatic heterocycles. The molecular weight excluding hydrogens is 254 g/mol. The Morgan fingerprint density at radius 2 is 2.00 bits per heavy atom. The molecular formula is C16H27NOS. The van der Waals surface area contributed by atoms with Crippen molar-refractivity contribution in [1.29, 1.82) is 0 Å². The van der Waals surface area contributed by atoms with Gasteiger partial charge >= 0.3 is 0 Å². The van der Waals surface area contributed by atoms with E-state index >= 15 is 0 Å². The van der Waals surface area contributed by atoms with Gasteiger partial charge in [-0.2, -0.15) is 0 Å². The first-order chi connectivity index (χ1) is 9.02. The minimum Gasteiger partial charge on any atom is -0.389 e. The van der Waals surface area contributed by atoms with E-state index in [1.165, 1.54) is 9.75 Å². The molecule has 108 valence electrons. The van der Waals surface area contributed by atoms with Crippen molar-refractivity contribution in [3.05, 3.63) is 21.9 Å². The molecule has 1 N–H and O–H groups in total. The molecule has 1 atom stereocenters. The van der Waals surface area contributed by atoms with Crippen molar-refractivity contribution < 1.29 is 5.11 Å². The first-order valence-electron chi connectivity index (χ1n) is 7.56. The van der Waals surface area contributed by atoms with Gasteiger partial charge in [0.1, 0.15) is 0 Å². The summed E-state index contributed by atoms with van der Waals surface area (Å²) in [5.41, 5.74) is -0.487. The van der Waals surface area contributed by atoms with Gasteiger partial charge in [0.25, 0.3) is 0 Å². The maximum Gasteiger partial charge on any atom is 0.0708 e. The third-order valence-electron chi connectivity index (χ3n) is 4.25. The third-order valence-corrected chi connectivity index (χ3v) is 5.48. The highest BCUT2D eigenvalue weighted by Crippen LogP contribution is 2.30. The summed E-state index contributed by atoms with van der Waals surface area (Å²) >= 11 is 1.87. The number of hydrogen-bond acceptors (Lipinski definition) is 3. The van der Waals surface area contributed by atoms with E-state index < -0.39 is 5.60 Å². The lowest BCUT2D eigenvalue weighted by atomic mass is 9.90. The second-order valence-corrected chi connectivity index (χ2v) is 7.36. The van der Waals surface area contributed by atoms with Crippen LogP contribution < -0.4 is 0 Å². The summed E-state index contributed by atoms with van der Waals surface area (Å²) in [7, 11) is 0. The summed E-state index contributed by atoms with van der Waals surface area (Å²) in [4.78, 5) is 5.26. The fourth-order valence-electron chi connectivity index (χ4n) is 2.92. The van der Waals surface area contributed by atoms with Crippen molar-refractivity contribution in [1.82, 2.24) is 4.90 Å². The second kappa shape index (κ2) is 6.38. The predicted octanol–water partition coefficient (Wildman–Crippen LogP) is 3.48. The van der Waals surface area contributed by atoms with Crippen LogP contribution in [0.1, 0.15) is 49.8 Å². The minimum absolute atomic E-state index is 0.487. The van der Waals surface area contributed by atoms with Gasteiger partial charge in [-0.25, -0.2) is 0 Å². The molecule has 19 heavy (non-hydrogen) atoms. The number of aliphatic hydroxyl groups is 1. The number of nitrogens with zero attached hydrogens (tertiary/aromatic N) is 1. The molecule has 0 radical (unpaired) electrons. The standard InChI is InChI=1S/C16H27NOS/c1-4-14-6-7-15(19-14)12-16(18)8-5-10-17(11-9-16)13(2)3/h6-7,13,18H,4-5,8-12H2,1-3H3. The van der Waals surface area contributed by atoms with Crippen LogP contribution in [0.2, 0.25) is 0 Å². The lowest BCUT2D eigenvalue weighted by Crippen LogP contribution is -2.35. The van der Waals surface area contributed by atoms with E-state index in [1.54, 1.807) is 0 Å². The molecule has 1 aromatic heterocycles. The largest absolute Gasteiger partial charge is 0.389 e. The van der Waals surface area contributed by atoms with Gasteiger partial charge in [-0.05, 0) is 58.2 Å². The molecule has 0 aliphatic carbocycles. The second-order valence-electron chi connectivity index (χ2n) is 6.11. The quantitative estimate of drug-likeness (QED) is 0.913. The van der Waals surface area contributed by atoms with E-state index in [2.05, 4.69) is 37.8 Å². The Labute approximate surface area is 121 Å². The Hall–Kier alpha value is -0.380. The molecule has 3 heteroatoms. The summed E-state index contributed by atoms with van der Waals surface area (Å²) in [5.74, 6) is 0. The van der Waals surface area contributed by atoms with Crippen molar-refractivity contribution in [3.63, 3.8) is 0 Å². The van der Waals surface area contributed by atoms with E-state index in [9.17, 15) is 5.11 Å². The van der Waals surface area contributed by atoms with Crippen LogP contribution in [0.15, 0.2) is 12.1 Å². The summed E-state index contributed by atoms with van der Waals surface area (Å²) in [6, 6.07) is 5.00. The van der Waals surface area contributed by atoms with Gasteiger partial charge in [0.2, 0.25) is 0 Å². The number of thiophene rings is 1. The first kappa shape index (κ1) is 15.0. The van der Waals surface area contributed by atoms with Crippen LogP contribution in [-0.2, 0) is 12.8 Å². The van der Waals surface area contributed by atoms with Crippen molar-refractivity contribution in [2.75, 3.05) is 13.1 Å². The Kier molecular flexibility index (Phi) is 5.04. The van der Waals surface area contributed by atoms with Crippen molar-refractivity contribution in [3.8, 4) is 0 Å². The van der Waals surface area contributed by atoms with Gasteiger partial charge in [-0.1, -0.05) is 6.92 Å². The zero-order valence-electron chi connectivity index (χ0n) is 12.5. The Morgan fingerprint density at radius 3 is 2.63 bits per heavy atom. The molecule has 0 bridgehead atoms. The van der Waals surface area contributed by atoms with E-state index in [0.717, 1.165) is 45.2 Å². The fraction of sp³-hybridized carbons (Fsp3) is 0.750. The normalized spacial score (nSPS) is 25.7. The smallest absolute Gasteiger partial charge is 0.0708 e. The number of rotatable bonds is 4. The Morgan fingerprint density at radius 1 is 1.26 bits per heavy atom. The molecule has 0 saturated carbocycles. The van der Waals surface area contributed by atoms with E-state index in [4.69, 9.17) is 0 Å². The van der Waals surface area contributed by atoms with E-state index in [0.29, 0.717) is 6.04 Å². The number of aryl methyl sites for hydroxylation is 1. The molecule has 0 spiro atoms. The maximum absolute atomic E-state index is 10.9. The highest BCUT2D eigenvalue weighted by atomic mass is 32.1. The highest BCUT2D eigenvalue weighted by molar-refractivity contribution is 7.12. The maximum atomic E-state index is 10.9. The summed E-state index contributed by atoms with van der Waals surface area (Å²) in [6.07, 6.45) is 4.90. The van der Waals surface area contributed by atoms with E-state index in [1.807, 2.05) is 11.3 Å². The molecule has 1 unspecified atom stereocenters. The van der Waals surface area contributed by atoms with Crippen LogP contribution in [0.5, 0.6) is 0 Å². The van der Waals surface area contributed by atoms with Gasteiger partial charge < -0.3 is 10.0 Å². The zero-order valence-corrected chi connectivity index (χ0v) is 13.3. The molecule has 1 aliphatic rings. The van der Waals surface area contributed by atoms with Crippen LogP contribution in [0.3, 0.4) is 0 Å². The van der Waals surface area contributed by atoms with Crippen molar-refractivity contribution in [2.45, 2.75) is 64.5 Å². The van der Waals surface area contributed by atoms with Gasteiger partial charge in [0, 0.05) is 28.8 Å². The SMILES string of the molecule is CCc1ccc(CC2(O)CCCN(C(C)C)CC2)s1. The lowest BCUT2D eigenvalue weighted by molar-refractivity contribution is 0.0256. The molecule has 0 aromatic carbocycles. The topological polar surface area (TPSA) is 23.5 Å². The van der Waals surface area contributed by atoms with Crippen LogP contribution in [0, 0.1) is 0 Å². The molecule has 2 nitrogen and oxygen atoms in total. The van der Waals surface area contributed by atoms with Crippen LogP contribution in [0.4, 0.5) is 0 Å². The first-order valence-corrected chi connectivity index (χ1v) is 8.38. The van der Waals surface area contributed by atoms with Crippen LogP contribution in [-0.4, -0.2) is 34.7 Å². The van der Waals surface area contributed by atoms with Gasteiger partial charge in [-0.15, -0.1) is 11.3 Å². The number of likely N-dealkylation sites (tertiary alicyclic amines) is 1. The summed E-state index contributed by atoms with van der Waals surface area (Å²) in [5, 5.41) is 10.9. The van der Waals surface area contributed by atoms with E-state index in [-0.39, 0.29) is 0 Å². The highest BCUT2D eigenvalue weighted by Gasteiger charge is 2.31. The predicted molar refractivity (Wildman–Crippen MR) is 82.9 cm³/mol. The molecule has 2 heterocycles. The summed E-state index contributed by atoms with van der Waals surface area (Å²) in [6.45, 7) is 8.84. The molecule has 1 saturated heterocycles.